The van der Waals surface area contributed by atoms with Crippen LogP contribution in [0.25, 0.3) is 0 Å². The number of rotatable bonds is 4. The molecule has 2 atom stereocenters. The Bertz CT molecular complexity index is 196. The van der Waals surface area contributed by atoms with E-state index in [9.17, 15) is 5.11 Å². The van der Waals surface area contributed by atoms with Gasteiger partial charge in [0.1, 0.15) is 0 Å². The highest BCUT2D eigenvalue weighted by Gasteiger charge is 2.23. The van der Waals surface area contributed by atoms with E-state index >= 15 is 0 Å². The molecule has 0 bridgehead atoms. The van der Waals surface area contributed by atoms with Gasteiger partial charge in [-0.25, -0.2) is 0 Å². The van der Waals surface area contributed by atoms with Crippen LogP contribution in [0.4, 0.5) is 0 Å². The molecule has 0 aromatic heterocycles. The molecule has 0 saturated carbocycles. The lowest BCUT2D eigenvalue weighted by atomic mass is 9.96. The standard InChI is InChI=1S/C10H21N3O/c1-8-4-6-13(7-9(8)14)5-2-3-10(11)12/h8-9,14H,2-7H2,1H3,(H3,11,12). The number of β-amino-alcohol motifs (C(OH)–C–C–N with tert-alkyl or cyclic N) is 1. The minimum Gasteiger partial charge on any atom is -0.392 e. The topological polar surface area (TPSA) is 73.3 Å². The number of aliphatic hydroxyl groups is 1. The molecule has 1 rings (SSSR count). The summed E-state index contributed by atoms with van der Waals surface area (Å²) >= 11 is 0. The SMILES string of the molecule is CC1CCN(CCCC(=N)N)CC1O. The van der Waals surface area contributed by atoms with Crippen molar-refractivity contribution in [1.29, 1.82) is 5.41 Å². The van der Waals surface area contributed by atoms with Gasteiger partial charge in [-0.2, -0.15) is 0 Å². The minimum absolute atomic E-state index is 0.180. The third-order valence-electron chi connectivity index (χ3n) is 2.92. The largest absolute Gasteiger partial charge is 0.392 e. The number of aliphatic hydroxyl groups excluding tert-OH is 1. The second-order valence-corrected chi connectivity index (χ2v) is 4.26. The number of piperidine rings is 1. The number of likely N-dealkylation sites (tertiary alicyclic amines) is 1. The van der Waals surface area contributed by atoms with E-state index in [2.05, 4.69) is 11.8 Å². The first-order valence-electron chi connectivity index (χ1n) is 5.33. The lowest BCUT2D eigenvalue weighted by Crippen LogP contribution is -2.43. The first-order chi connectivity index (χ1) is 6.59. The summed E-state index contributed by atoms with van der Waals surface area (Å²) in [6.45, 7) is 4.89. The Balaban J connectivity index is 2.16. The molecule has 0 aromatic rings. The van der Waals surface area contributed by atoms with E-state index in [-0.39, 0.29) is 11.9 Å². The highest BCUT2D eigenvalue weighted by Crippen LogP contribution is 2.16. The molecule has 0 aromatic carbocycles. The van der Waals surface area contributed by atoms with Gasteiger partial charge in [0.2, 0.25) is 0 Å². The molecule has 4 nitrogen and oxygen atoms in total. The van der Waals surface area contributed by atoms with Crippen LogP contribution in [0.1, 0.15) is 26.2 Å². The first-order valence-corrected chi connectivity index (χ1v) is 5.33. The van der Waals surface area contributed by atoms with Crippen LogP contribution < -0.4 is 5.73 Å². The van der Waals surface area contributed by atoms with E-state index in [1.807, 2.05) is 0 Å². The first kappa shape index (κ1) is 11.5. The van der Waals surface area contributed by atoms with E-state index in [0.29, 0.717) is 12.3 Å². The molecule has 4 heteroatoms. The third kappa shape index (κ3) is 3.64. The number of hydrogen-bond acceptors (Lipinski definition) is 3. The van der Waals surface area contributed by atoms with Gasteiger partial charge in [0, 0.05) is 13.0 Å². The normalized spacial score (nSPS) is 29.0. The Labute approximate surface area is 85.6 Å². The third-order valence-corrected chi connectivity index (χ3v) is 2.92. The molecular formula is C10H21N3O. The number of hydrogen-bond donors (Lipinski definition) is 3. The summed E-state index contributed by atoms with van der Waals surface area (Å²) in [5, 5.41) is 16.7. The molecule has 2 unspecified atom stereocenters. The van der Waals surface area contributed by atoms with Crippen LogP contribution in [0.5, 0.6) is 0 Å². The second kappa shape index (κ2) is 5.32. The summed E-state index contributed by atoms with van der Waals surface area (Å²) < 4.78 is 0. The van der Waals surface area contributed by atoms with Gasteiger partial charge >= 0.3 is 0 Å². The molecule has 82 valence electrons. The molecule has 0 spiro atoms. The van der Waals surface area contributed by atoms with Gasteiger partial charge < -0.3 is 15.7 Å². The average Bonchev–Trinajstić information content (AvgIpc) is 2.10. The van der Waals surface area contributed by atoms with Crippen LogP contribution in [0, 0.1) is 11.3 Å². The van der Waals surface area contributed by atoms with Crippen molar-refractivity contribution in [2.24, 2.45) is 11.7 Å². The Morgan fingerprint density at radius 2 is 2.36 bits per heavy atom. The zero-order valence-electron chi connectivity index (χ0n) is 8.87. The minimum atomic E-state index is -0.180. The molecule has 1 saturated heterocycles. The summed E-state index contributed by atoms with van der Waals surface area (Å²) in [7, 11) is 0. The lowest BCUT2D eigenvalue weighted by molar-refractivity contribution is 0.0291. The fourth-order valence-corrected chi connectivity index (χ4v) is 1.81. The van der Waals surface area contributed by atoms with E-state index in [1.165, 1.54) is 0 Å². The molecule has 1 aliphatic heterocycles. The maximum atomic E-state index is 9.65. The maximum Gasteiger partial charge on any atom is 0.0905 e. The van der Waals surface area contributed by atoms with Crippen LogP contribution >= 0.6 is 0 Å². The molecular weight excluding hydrogens is 178 g/mol. The highest BCUT2D eigenvalue weighted by atomic mass is 16.3. The van der Waals surface area contributed by atoms with Gasteiger partial charge in [0.25, 0.3) is 0 Å². The molecule has 14 heavy (non-hydrogen) atoms. The number of nitrogens with zero attached hydrogens (tertiary/aromatic N) is 1. The fraction of sp³-hybridized carbons (Fsp3) is 0.900. The van der Waals surface area contributed by atoms with Crippen LogP contribution in [0.2, 0.25) is 0 Å². The summed E-state index contributed by atoms with van der Waals surface area (Å²) in [5.41, 5.74) is 5.27. The molecule has 1 aliphatic rings. The van der Waals surface area contributed by atoms with Crippen molar-refractivity contribution in [3.05, 3.63) is 0 Å². The summed E-state index contributed by atoms with van der Waals surface area (Å²) in [5.74, 6) is 0.690. The molecule has 1 heterocycles. The Kier molecular flexibility index (Phi) is 4.35. The van der Waals surface area contributed by atoms with Crippen molar-refractivity contribution in [1.82, 2.24) is 4.90 Å². The molecule has 0 amide bonds. The Morgan fingerprint density at radius 3 is 2.93 bits per heavy atom. The summed E-state index contributed by atoms with van der Waals surface area (Å²) in [4.78, 5) is 2.26. The predicted octanol–water partition coefficient (Wildman–Crippen LogP) is 0.405. The molecule has 0 radical (unpaired) electrons. The van der Waals surface area contributed by atoms with Gasteiger partial charge in [-0.3, -0.25) is 5.41 Å². The van der Waals surface area contributed by atoms with Gasteiger partial charge in [-0.05, 0) is 31.8 Å². The monoisotopic (exact) mass is 199 g/mol. The summed E-state index contributed by atoms with van der Waals surface area (Å²) in [6.07, 6.45) is 2.49. The van der Waals surface area contributed by atoms with Gasteiger partial charge in [0.15, 0.2) is 0 Å². The highest BCUT2D eigenvalue weighted by molar-refractivity contribution is 5.76. The summed E-state index contributed by atoms with van der Waals surface area (Å²) in [6, 6.07) is 0. The van der Waals surface area contributed by atoms with Crippen molar-refractivity contribution >= 4 is 5.84 Å². The van der Waals surface area contributed by atoms with Gasteiger partial charge in [0.05, 0.1) is 11.9 Å². The Morgan fingerprint density at radius 1 is 1.64 bits per heavy atom. The Hall–Kier alpha value is -0.610. The zero-order chi connectivity index (χ0) is 10.6. The predicted molar refractivity (Wildman–Crippen MR) is 57.4 cm³/mol. The lowest BCUT2D eigenvalue weighted by Gasteiger charge is -2.34. The zero-order valence-corrected chi connectivity index (χ0v) is 8.87. The average molecular weight is 199 g/mol. The fourth-order valence-electron chi connectivity index (χ4n) is 1.81. The molecule has 1 fully saturated rings. The smallest absolute Gasteiger partial charge is 0.0905 e. The van der Waals surface area contributed by atoms with Crippen LogP contribution in [-0.2, 0) is 0 Å². The number of amidine groups is 1. The van der Waals surface area contributed by atoms with E-state index < -0.39 is 0 Å². The van der Waals surface area contributed by atoms with E-state index in [1.54, 1.807) is 0 Å². The van der Waals surface area contributed by atoms with Crippen molar-refractivity contribution in [2.75, 3.05) is 19.6 Å². The van der Waals surface area contributed by atoms with Crippen molar-refractivity contribution < 1.29 is 5.11 Å². The van der Waals surface area contributed by atoms with Crippen molar-refractivity contribution in [3.63, 3.8) is 0 Å². The quantitative estimate of drug-likeness (QED) is 0.453. The number of nitrogens with one attached hydrogen (secondary N) is 1. The maximum absolute atomic E-state index is 9.65. The van der Waals surface area contributed by atoms with Crippen molar-refractivity contribution in [3.8, 4) is 0 Å². The van der Waals surface area contributed by atoms with Crippen LogP contribution in [-0.4, -0.2) is 41.6 Å². The van der Waals surface area contributed by atoms with E-state index in [0.717, 1.165) is 32.5 Å². The van der Waals surface area contributed by atoms with E-state index in [4.69, 9.17) is 11.1 Å². The number of nitrogens with two attached hydrogens (primary N) is 1. The van der Waals surface area contributed by atoms with Gasteiger partial charge in [-0.15, -0.1) is 0 Å². The van der Waals surface area contributed by atoms with Gasteiger partial charge in [-0.1, -0.05) is 6.92 Å². The van der Waals surface area contributed by atoms with Crippen LogP contribution in [0.3, 0.4) is 0 Å². The molecule has 0 aliphatic carbocycles. The molecule has 4 N–H and O–H groups in total. The second-order valence-electron chi connectivity index (χ2n) is 4.26. The van der Waals surface area contributed by atoms with Crippen LogP contribution in [0.15, 0.2) is 0 Å². The van der Waals surface area contributed by atoms with Crippen molar-refractivity contribution in [2.45, 2.75) is 32.3 Å².